The molecule has 19 heavy (non-hydrogen) atoms. The fourth-order valence-corrected chi connectivity index (χ4v) is 2.64. The molecule has 0 spiro atoms. The lowest BCUT2D eigenvalue weighted by molar-refractivity contribution is 0.306. The lowest BCUT2D eigenvalue weighted by atomic mass is 10.2. The Hall–Kier alpha value is -1.02. The average Bonchev–Trinajstić information content (AvgIpc) is 2.96. The van der Waals surface area contributed by atoms with E-state index in [4.69, 9.17) is 4.74 Å². The molecule has 1 aromatic rings. The van der Waals surface area contributed by atoms with Gasteiger partial charge in [0.25, 0.3) is 0 Å². The molecule has 0 heterocycles. The molecule has 1 N–H and O–H groups in total. The minimum atomic E-state index is 0.741. The predicted molar refractivity (Wildman–Crippen MR) is 80.6 cm³/mol. The Balaban J connectivity index is 1.68. The van der Waals surface area contributed by atoms with Crippen molar-refractivity contribution in [1.82, 2.24) is 5.32 Å². The monoisotopic (exact) mass is 261 g/mol. The maximum atomic E-state index is 5.72. The van der Waals surface area contributed by atoms with Crippen LogP contribution in [0.3, 0.4) is 0 Å². The standard InChI is InChI=1S/C17H27NO/c1-2-3-6-13-19-17-11-9-15(10-12-17)14-18-16-7-4-5-8-16/h9-12,16,18H,2-8,13-14H2,1H3. The van der Waals surface area contributed by atoms with Crippen LogP contribution < -0.4 is 10.1 Å². The van der Waals surface area contributed by atoms with Gasteiger partial charge in [0.05, 0.1) is 6.61 Å². The van der Waals surface area contributed by atoms with Crippen LogP contribution in [-0.4, -0.2) is 12.6 Å². The molecule has 106 valence electrons. The van der Waals surface area contributed by atoms with Crippen molar-refractivity contribution in [3.8, 4) is 5.75 Å². The normalized spacial score (nSPS) is 15.8. The van der Waals surface area contributed by atoms with E-state index in [0.717, 1.165) is 31.4 Å². The summed E-state index contributed by atoms with van der Waals surface area (Å²) >= 11 is 0. The number of ether oxygens (including phenoxy) is 1. The van der Waals surface area contributed by atoms with Gasteiger partial charge < -0.3 is 10.1 Å². The van der Waals surface area contributed by atoms with Crippen LogP contribution in [0.1, 0.15) is 57.4 Å². The number of unbranched alkanes of at least 4 members (excludes halogenated alkanes) is 2. The third kappa shape index (κ3) is 5.23. The van der Waals surface area contributed by atoms with E-state index in [1.54, 1.807) is 0 Å². The van der Waals surface area contributed by atoms with Crippen LogP contribution in [0.15, 0.2) is 24.3 Å². The molecule has 0 amide bonds. The Morgan fingerprint density at radius 1 is 1.11 bits per heavy atom. The number of rotatable bonds is 8. The topological polar surface area (TPSA) is 21.3 Å². The van der Waals surface area contributed by atoms with Gasteiger partial charge in [0.1, 0.15) is 5.75 Å². The van der Waals surface area contributed by atoms with Gasteiger partial charge in [-0.25, -0.2) is 0 Å². The molecule has 1 fully saturated rings. The van der Waals surface area contributed by atoms with Crippen molar-refractivity contribution in [3.05, 3.63) is 29.8 Å². The first-order chi connectivity index (χ1) is 9.38. The van der Waals surface area contributed by atoms with E-state index in [0.29, 0.717) is 0 Å². The molecule has 0 radical (unpaired) electrons. The minimum absolute atomic E-state index is 0.741. The second kappa shape index (κ2) is 8.21. The van der Waals surface area contributed by atoms with E-state index in [2.05, 4.69) is 36.5 Å². The Labute approximate surface area is 117 Å². The Morgan fingerprint density at radius 3 is 2.53 bits per heavy atom. The highest BCUT2D eigenvalue weighted by Gasteiger charge is 2.13. The van der Waals surface area contributed by atoms with Crippen molar-refractivity contribution >= 4 is 0 Å². The van der Waals surface area contributed by atoms with E-state index < -0.39 is 0 Å². The summed E-state index contributed by atoms with van der Waals surface area (Å²) in [4.78, 5) is 0. The maximum Gasteiger partial charge on any atom is 0.119 e. The number of hydrogen-bond donors (Lipinski definition) is 1. The third-order valence-corrected chi connectivity index (χ3v) is 3.89. The molecule has 1 aromatic carbocycles. The van der Waals surface area contributed by atoms with Gasteiger partial charge in [-0.3, -0.25) is 0 Å². The summed E-state index contributed by atoms with van der Waals surface area (Å²) < 4.78 is 5.72. The Bertz CT molecular complexity index is 341. The molecule has 1 aliphatic rings. The Morgan fingerprint density at radius 2 is 1.84 bits per heavy atom. The number of hydrogen-bond acceptors (Lipinski definition) is 2. The highest BCUT2D eigenvalue weighted by atomic mass is 16.5. The lowest BCUT2D eigenvalue weighted by Gasteiger charge is -2.12. The molecule has 0 aromatic heterocycles. The average molecular weight is 261 g/mol. The maximum absolute atomic E-state index is 5.72. The van der Waals surface area contributed by atoms with Crippen molar-refractivity contribution in [2.75, 3.05) is 6.61 Å². The summed E-state index contributed by atoms with van der Waals surface area (Å²) in [6.45, 7) is 4.04. The molecule has 0 saturated heterocycles. The molecular weight excluding hydrogens is 234 g/mol. The van der Waals surface area contributed by atoms with Crippen LogP contribution in [0.25, 0.3) is 0 Å². The highest BCUT2D eigenvalue weighted by Crippen LogP contribution is 2.18. The summed E-state index contributed by atoms with van der Waals surface area (Å²) in [7, 11) is 0. The van der Waals surface area contributed by atoms with Crippen LogP contribution in [0.5, 0.6) is 5.75 Å². The largest absolute Gasteiger partial charge is 0.494 e. The second-order valence-electron chi connectivity index (χ2n) is 5.56. The van der Waals surface area contributed by atoms with Crippen molar-refractivity contribution in [1.29, 1.82) is 0 Å². The van der Waals surface area contributed by atoms with E-state index in [1.165, 1.54) is 44.1 Å². The van der Waals surface area contributed by atoms with E-state index >= 15 is 0 Å². The SMILES string of the molecule is CCCCCOc1ccc(CNC2CCCC2)cc1. The first-order valence-corrected chi connectivity index (χ1v) is 7.83. The van der Waals surface area contributed by atoms with Crippen LogP contribution in [-0.2, 0) is 6.54 Å². The number of nitrogens with one attached hydrogen (secondary N) is 1. The van der Waals surface area contributed by atoms with Gasteiger partial charge in [-0.2, -0.15) is 0 Å². The highest BCUT2D eigenvalue weighted by molar-refractivity contribution is 5.27. The van der Waals surface area contributed by atoms with Crippen LogP contribution in [0, 0.1) is 0 Å². The van der Waals surface area contributed by atoms with Crippen molar-refractivity contribution < 1.29 is 4.74 Å². The molecule has 0 bridgehead atoms. The van der Waals surface area contributed by atoms with Gasteiger partial charge in [-0.15, -0.1) is 0 Å². The molecule has 2 nitrogen and oxygen atoms in total. The predicted octanol–water partition coefficient (Wildman–Crippen LogP) is 4.29. The summed E-state index contributed by atoms with van der Waals surface area (Å²) in [5, 5.41) is 3.64. The van der Waals surface area contributed by atoms with Gasteiger partial charge in [-0.05, 0) is 37.0 Å². The molecule has 1 saturated carbocycles. The first-order valence-electron chi connectivity index (χ1n) is 7.83. The summed E-state index contributed by atoms with van der Waals surface area (Å²) in [5.41, 5.74) is 1.35. The van der Waals surface area contributed by atoms with Gasteiger partial charge in [-0.1, -0.05) is 44.7 Å². The third-order valence-electron chi connectivity index (χ3n) is 3.89. The van der Waals surface area contributed by atoms with Crippen molar-refractivity contribution in [2.24, 2.45) is 0 Å². The molecule has 0 aliphatic heterocycles. The second-order valence-corrected chi connectivity index (χ2v) is 5.56. The fraction of sp³-hybridized carbons (Fsp3) is 0.647. The smallest absolute Gasteiger partial charge is 0.119 e. The van der Waals surface area contributed by atoms with Gasteiger partial charge in [0.15, 0.2) is 0 Å². The van der Waals surface area contributed by atoms with Gasteiger partial charge in [0, 0.05) is 12.6 Å². The summed E-state index contributed by atoms with van der Waals surface area (Å²) in [5.74, 6) is 1.00. The zero-order valence-corrected chi connectivity index (χ0v) is 12.2. The van der Waals surface area contributed by atoms with E-state index in [1.807, 2.05) is 0 Å². The van der Waals surface area contributed by atoms with Gasteiger partial charge in [0.2, 0.25) is 0 Å². The molecule has 0 unspecified atom stereocenters. The molecule has 1 aliphatic carbocycles. The van der Waals surface area contributed by atoms with Crippen LogP contribution >= 0.6 is 0 Å². The summed E-state index contributed by atoms with van der Waals surface area (Å²) in [6.07, 6.45) is 9.13. The van der Waals surface area contributed by atoms with E-state index in [-0.39, 0.29) is 0 Å². The van der Waals surface area contributed by atoms with E-state index in [9.17, 15) is 0 Å². The molecular formula is C17H27NO. The fourth-order valence-electron chi connectivity index (χ4n) is 2.64. The Kier molecular flexibility index (Phi) is 6.22. The zero-order valence-electron chi connectivity index (χ0n) is 12.2. The molecule has 2 heteroatoms. The minimum Gasteiger partial charge on any atom is -0.494 e. The zero-order chi connectivity index (χ0) is 13.3. The number of benzene rings is 1. The molecule has 2 rings (SSSR count). The lowest BCUT2D eigenvalue weighted by Crippen LogP contribution is -2.25. The van der Waals surface area contributed by atoms with Crippen LogP contribution in [0.2, 0.25) is 0 Å². The summed E-state index contributed by atoms with van der Waals surface area (Å²) in [6, 6.07) is 9.29. The quantitative estimate of drug-likeness (QED) is 0.705. The van der Waals surface area contributed by atoms with Crippen LogP contribution in [0.4, 0.5) is 0 Å². The first kappa shape index (κ1) is 14.4. The van der Waals surface area contributed by atoms with Gasteiger partial charge >= 0.3 is 0 Å². The van der Waals surface area contributed by atoms with Crippen molar-refractivity contribution in [2.45, 2.75) is 64.5 Å². The molecule has 0 atom stereocenters. The van der Waals surface area contributed by atoms with Crippen molar-refractivity contribution in [3.63, 3.8) is 0 Å².